The molecule has 0 radical (unpaired) electrons. The first kappa shape index (κ1) is 28.8. The molecular weight excluding hydrogens is 447 g/mol. The quantitative estimate of drug-likeness (QED) is 0.355. The molecule has 1 aliphatic heterocycles. The Kier molecular flexibility index (Phi) is 13.0. The van der Waals surface area contributed by atoms with Gasteiger partial charge in [-0.3, -0.25) is 0 Å². The number of alkyl halides is 1. The maximum Gasteiger partial charge on any atom is 0.119 e. The van der Waals surface area contributed by atoms with Crippen LogP contribution in [0.15, 0.2) is 110 Å². The summed E-state index contributed by atoms with van der Waals surface area (Å²) in [7, 11) is 1.81. The van der Waals surface area contributed by atoms with E-state index >= 15 is 0 Å². The zero-order valence-corrected chi connectivity index (χ0v) is 21.5. The summed E-state index contributed by atoms with van der Waals surface area (Å²) in [6, 6.07) is 28.9. The lowest BCUT2D eigenvalue weighted by Crippen LogP contribution is -2.20. The molecular formula is C31H41FN4. The Morgan fingerprint density at radius 3 is 1.97 bits per heavy atom. The minimum absolute atomic E-state index is 0.384. The molecule has 0 aliphatic carbocycles. The minimum Gasteiger partial charge on any atom is -0.394 e. The highest BCUT2D eigenvalue weighted by Gasteiger charge is 2.22. The van der Waals surface area contributed by atoms with E-state index in [0.29, 0.717) is 13.0 Å². The van der Waals surface area contributed by atoms with E-state index in [4.69, 9.17) is 11.5 Å². The molecule has 1 heterocycles. The zero-order chi connectivity index (χ0) is 26.2. The van der Waals surface area contributed by atoms with Gasteiger partial charge in [-0.25, -0.2) is 4.39 Å². The molecule has 1 atom stereocenters. The van der Waals surface area contributed by atoms with Crippen LogP contribution >= 0.6 is 0 Å². The maximum atomic E-state index is 13.0. The largest absolute Gasteiger partial charge is 0.394 e. The molecule has 3 aromatic rings. The molecule has 4 nitrogen and oxygen atoms in total. The highest BCUT2D eigenvalue weighted by molar-refractivity contribution is 5.29. The van der Waals surface area contributed by atoms with Gasteiger partial charge < -0.3 is 21.7 Å². The van der Waals surface area contributed by atoms with Crippen molar-refractivity contribution in [1.82, 2.24) is 10.2 Å². The number of hydrogen-bond donors (Lipinski definition) is 3. The van der Waals surface area contributed by atoms with Crippen LogP contribution in [0.25, 0.3) is 0 Å². The predicted molar refractivity (Wildman–Crippen MR) is 151 cm³/mol. The number of allylic oxidation sites excluding steroid dienone is 1. The van der Waals surface area contributed by atoms with Gasteiger partial charge in [0.15, 0.2) is 0 Å². The number of hydrogen-bond acceptors (Lipinski definition) is 4. The van der Waals surface area contributed by atoms with Crippen molar-refractivity contribution in [3.05, 3.63) is 132 Å². The van der Waals surface area contributed by atoms with Gasteiger partial charge >= 0.3 is 0 Å². The van der Waals surface area contributed by atoms with Crippen LogP contribution in [0.2, 0.25) is 0 Å². The summed E-state index contributed by atoms with van der Waals surface area (Å²) in [5.41, 5.74) is 17.1. The highest BCUT2D eigenvalue weighted by Crippen LogP contribution is 2.20. The van der Waals surface area contributed by atoms with E-state index in [9.17, 15) is 4.39 Å². The third kappa shape index (κ3) is 10.9. The summed E-state index contributed by atoms with van der Waals surface area (Å²) in [6.45, 7) is 8.78. The molecule has 0 bridgehead atoms. The van der Waals surface area contributed by atoms with Crippen LogP contribution in [0.3, 0.4) is 0 Å². The Labute approximate surface area is 216 Å². The lowest BCUT2D eigenvalue weighted by molar-refractivity contribution is 0.320. The van der Waals surface area contributed by atoms with Crippen molar-refractivity contribution < 1.29 is 4.39 Å². The van der Waals surface area contributed by atoms with E-state index in [1.807, 2.05) is 43.4 Å². The van der Waals surface area contributed by atoms with Crippen LogP contribution < -0.4 is 16.8 Å². The van der Waals surface area contributed by atoms with Crippen LogP contribution in [0.4, 0.5) is 4.39 Å². The average molecular weight is 489 g/mol. The number of rotatable bonds is 8. The summed E-state index contributed by atoms with van der Waals surface area (Å²) < 4.78 is 13.0. The van der Waals surface area contributed by atoms with E-state index in [-0.39, 0.29) is 6.17 Å². The molecule has 0 saturated carbocycles. The van der Waals surface area contributed by atoms with Gasteiger partial charge in [-0.15, -0.1) is 0 Å². The molecule has 4 rings (SSSR count). The summed E-state index contributed by atoms with van der Waals surface area (Å²) in [5.74, 6) is 0. The fourth-order valence-electron chi connectivity index (χ4n) is 3.79. The topological polar surface area (TPSA) is 67.3 Å². The Balaban J connectivity index is 0.000000221. The Hall–Kier alpha value is -3.41. The summed E-state index contributed by atoms with van der Waals surface area (Å²) in [6.07, 6.45) is 4.11. The number of halogens is 1. The minimum atomic E-state index is -0.659. The van der Waals surface area contributed by atoms with E-state index < -0.39 is 6.17 Å². The summed E-state index contributed by atoms with van der Waals surface area (Å²) in [4.78, 5) is 2.08. The molecule has 1 saturated heterocycles. The van der Waals surface area contributed by atoms with Gasteiger partial charge in [0.25, 0.3) is 0 Å². The summed E-state index contributed by atoms with van der Waals surface area (Å²) >= 11 is 0. The lowest BCUT2D eigenvalue weighted by atomic mass is 10.0. The predicted octanol–water partition coefficient (Wildman–Crippen LogP) is 5.72. The number of nitrogens with zero attached hydrogens (tertiary/aromatic N) is 1. The van der Waals surface area contributed by atoms with Crippen molar-refractivity contribution in [1.29, 1.82) is 0 Å². The molecule has 0 aromatic heterocycles. The first-order valence-electron chi connectivity index (χ1n) is 12.5. The van der Waals surface area contributed by atoms with Crippen LogP contribution in [-0.2, 0) is 12.8 Å². The van der Waals surface area contributed by atoms with Gasteiger partial charge in [0.2, 0.25) is 0 Å². The molecule has 3 aromatic carbocycles. The van der Waals surface area contributed by atoms with E-state index in [1.165, 1.54) is 16.7 Å². The third-order valence-corrected chi connectivity index (χ3v) is 5.94. The molecule has 0 spiro atoms. The van der Waals surface area contributed by atoms with Crippen molar-refractivity contribution in [2.75, 3.05) is 20.1 Å². The molecule has 0 amide bonds. The van der Waals surface area contributed by atoms with Crippen molar-refractivity contribution in [2.24, 2.45) is 11.5 Å². The number of nitrogens with two attached hydrogens (primary N) is 2. The fraction of sp³-hybridized carbons (Fsp3) is 0.290. The monoisotopic (exact) mass is 488 g/mol. The van der Waals surface area contributed by atoms with Crippen molar-refractivity contribution in [2.45, 2.75) is 38.0 Å². The van der Waals surface area contributed by atoms with Crippen LogP contribution in [0.5, 0.6) is 0 Å². The number of nitrogens with one attached hydrogen (secondary N) is 1. The normalized spacial score (nSPS) is 14.2. The van der Waals surface area contributed by atoms with Crippen LogP contribution in [0.1, 0.15) is 41.3 Å². The lowest BCUT2D eigenvalue weighted by Gasteiger charge is -2.20. The fourth-order valence-corrected chi connectivity index (χ4v) is 3.79. The molecule has 1 unspecified atom stereocenters. The standard InChI is InChI=1S/C14H18FN.C14H16N2.C3H7N/c1-12(16-10-9-14(15)11-16)7-8-13-5-3-2-4-6-13;15-14(16)13-8-6-12(7-9-13)10-11-4-2-1-3-5-11;1-3-4-2/h2-6,14H,1,7-11H2;1-9,14H,10,15-16H2;3-4H,1H2,2H3. The van der Waals surface area contributed by atoms with Gasteiger partial charge in [-0.2, -0.15) is 0 Å². The van der Waals surface area contributed by atoms with Gasteiger partial charge in [0.1, 0.15) is 6.17 Å². The first-order chi connectivity index (χ1) is 17.4. The molecule has 36 heavy (non-hydrogen) atoms. The van der Waals surface area contributed by atoms with E-state index in [1.54, 1.807) is 6.20 Å². The SMILES string of the molecule is C=C(CCc1ccccc1)N1CCC(F)C1.C=CNC.NC(N)c1ccc(Cc2ccccc2)cc1. The van der Waals surface area contributed by atoms with Crippen molar-refractivity contribution >= 4 is 0 Å². The van der Waals surface area contributed by atoms with Crippen LogP contribution in [0, 0.1) is 0 Å². The van der Waals surface area contributed by atoms with Gasteiger partial charge in [-0.05, 0) is 54.1 Å². The van der Waals surface area contributed by atoms with Crippen LogP contribution in [-0.4, -0.2) is 31.2 Å². The maximum absolute atomic E-state index is 13.0. The van der Waals surface area contributed by atoms with Crippen molar-refractivity contribution in [3.63, 3.8) is 0 Å². The van der Waals surface area contributed by atoms with Crippen molar-refractivity contribution in [3.8, 4) is 0 Å². The second kappa shape index (κ2) is 16.3. The highest BCUT2D eigenvalue weighted by atomic mass is 19.1. The van der Waals surface area contributed by atoms with E-state index in [0.717, 1.165) is 37.1 Å². The molecule has 5 heteroatoms. The number of benzene rings is 3. The summed E-state index contributed by atoms with van der Waals surface area (Å²) in [5, 5.41) is 2.69. The third-order valence-electron chi connectivity index (χ3n) is 5.94. The number of aryl methyl sites for hydroxylation is 1. The van der Waals surface area contributed by atoms with Gasteiger partial charge in [-0.1, -0.05) is 98.1 Å². The first-order valence-corrected chi connectivity index (χ1v) is 12.5. The smallest absolute Gasteiger partial charge is 0.119 e. The second-order valence-electron chi connectivity index (χ2n) is 8.81. The molecule has 1 fully saturated rings. The molecule has 192 valence electrons. The Morgan fingerprint density at radius 2 is 1.50 bits per heavy atom. The van der Waals surface area contributed by atoms with Gasteiger partial charge in [0.05, 0.1) is 6.17 Å². The molecule has 5 N–H and O–H groups in total. The zero-order valence-electron chi connectivity index (χ0n) is 21.5. The van der Waals surface area contributed by atoms with E-state index in [2.05, 4.69) is 71.9 Å². The second-order valence-corrected chi connectivity index (χ2v) is 8.81. The van der Waals surface area contributed by atoms with Gasteiger partial charge in [0, 0.05) is 25.8 Å². The Bertz CT molecular complexity index is 1000. The molecule has 1 aliphatic rings. The average Bonchev–Trinajstić information content (AvgIpc) is 3.36. The Morgan fingerprint density at radius 1 is 0.972 bits per heavy atom. The number of likely N-dealkylation sites (tertiary alicyclic amines) is 1.